The summed E-state index contributed by atoms with van der Waals surface area (Å²) < 4.78 is 13.6. The normalized spacial score (nSPS) is 43.3. The highest BCUT2D eigenvalue weighted by Gasteiger charge is 2.46. The third-order valence-corrected chi connectivity index (χ3v) is 8.94. The molecule has 9 atom stereocenters. The zero-order chi connectivity index (χ0) is 23.5. The van der Waals surface area contributed by atoms with E-state index in [1.807, 2.05) is 0 Å². The van der Waals surface area contributed by atoms with Crippen LogP contribution < -0.4 is 10.8 Å². The molecule has 3 aliphatic heterocycles. The van der Waals surface area contributed by atoms with Crippen molar-refractivity contribution >= 4 is 12.2 Å². The highest BCUT2D eigenvalue weighted by atomic mass is 19.1. The highest BCUT2D eigenvalue weighted by Crippen LogP contribution is 2.38. The number of fused-ring (bicyclic) bond motifs is 2. The molecular weight excluding hydrogens is 423 g/mol. The number of nitrogens with zero attached hydrogens (tertiary/aromatic N) is 2. The number of rotatable bonds is 3. The van der Waals surface area contributed by atoms with Crippen LogP contribution in [0.2, 0.25) is 0 Å². The number of hydroxylamine groups is 1. The van der Waals surface area contributed by atoms with Gasteiger partial charge in [0.15, 0.2) is 0 Å². The molecule has 8 heteroatoms. The van der Waals surface area contributed by atoms with Crippen molar-refractivity contribution in [2.45, 2.75) is 114 Å². The Morgan fingerprint density at radius 3 is 2.61 bits per heavy atom. The molecule has 9 unspecified atom stereocenters. The summed E-state index contributed by atoms with van der Waals surface area (Å²) in [6.45, 7) is 5.97. The maximum absolute atomic E-state index is 13.6. The monoisotopic (exact) mass is 466 g/mol. The number of alkyl halides is 1. The fourth-order valence-electron chi connectivity index (χ4n) is 7.10. The van der Waals surface area contributed by atoms with Crippen LogP contribution in [0.15, 0.2) is 0 Å². The van der Waals surface area contributed by atoms with Crippen LogP contribution in [0.25, 0.3) is 0 Å². The van der Waals surface area contributed by atoms with Crippen LogP contribution in [0, 0.1) is 11.8 Å². The van der Waals surface area contributed by atoms with Crippen molar-refractivity contribution in [3.63, 3.8) is 0 Å². The molecule has 188 valence electrons. The van der Waals surface area contributed by atoms with Crippen molar-refractivity contribution in [2.24, 2.45) is 11.8 Å². The molecule has 2 aliphatic carbocycles. The average Bonchev–Trinajstić information content (AvgIpc) is 3.44. The zero-order valence-electron chi connectivity index (χ0n) is 20.5. The smallest absolute Gasteiger partial charge is 0.219 e. The number of carbonyl (C=O) groups is 2. The van der Waals surface area contributed by atoms with Gasteiger partial charge in [-0.3, -0.25) is 14.5 Å². The Morgan fingerprint density at radius 2 is 1.88 bits per heavy atom. The van der Waals surface area contributed by atoms with Crippen LogP contribution in [-0.4, -0.2) is 84.6 Å². The Morgan fingerprint density at radius 1 is 1.09 bits per heavy atom. The van der Waals surface area contributed by atoms with E-state index in [0.717, 1.165) is 25.3 Å². The van der Waals surface area contributed by atoms with Crippen molar-refractivity contribution < 1.29 is 18.8 Å². The topological polar surface area (TPSA) is 73.9 Å². The van der Waals surface area contributed by atoms with Crippen LogP contribution in [0.3, 0.4) is 0 Å². The number of halogens is 1. The average molecular weight is 467 g/mol. The van der Waals surface area contributed by atoms with Crippen molar-refractivity contribution in [3.05, 3.63) is 0 Å². The van der Waals surface area contributed by atoms with E-state index < -0.39 is 6.17 Å². The number of nitrogens with one attached hydrogen (secondary N) is 2. The number of hydrogen-bond acceptors (Lipinski definition) is 6. The fourth-order valence-corrected chi connectivity index (χ4v) is 7.10. The second-order valence-corrected chi connectivity index (χ2v) is 10.9. The fraction of sp³-hybridized carbons (Fsp3) is 0.920. The van der Waals surface area contributed by atoms with Gasteiger partial charge in [0.2, 0.25) is 5.91 Å². The molecular formula is C25H43FN4O3. The van der Waals surface area contributed by atoms with E-state index in [1.165, 1.54) is 45.1 Å². The molecule has 0 bridgehead atoms. The molecule has 0 spiro atoms. The third kappa shape index (κ3) is 5.44. The number of likely N-dealkylation sites (tertiary alicyclic amines) is 2. The van der Waals surface area contributed by atoms with Crippen molar-refractivity contribution in [1.82, 2.24) is 20.6 Å². The van der Waals surface area contributed by atoms with E-state index in [1.54, 1.807) is 6.92 Å². The summed E-state index contributed by atoms with van der Waals surface area (Å²) in [4.78, 5) is 32.4. The maximum Gasteiger partial charge on any atom is 0.219 e. The summed E-state index contributed by atoms with van der Waals surface area (Å²) in [5, 5.41) is 3.45. The van der Waals surface area contributed by atoms with Gasteiger partial charge in [0.25, 0.3) is 0 Å². The van der Waals surface area contributed by atoms with Crippen LogP contribution >= 0.6 is 0 Å². The van der Waals surface area contributed by atoms with Gasteiger partial charge in [-0.25, -0.2) is 4.39 Å². The van der Waals surface area contributed by atoms with Crippen molar-refractivity contribution in [3.8, 4) is 0 Å². The van der Waals surface area contributed by atoms with E-state index in [4.69, 9.17) is 4.84 Å². The highest BCUT2D eigenvalue weighted by molar-refractivity contribution is 5.74. The Hall–Kier alpha value is -1.09. The van der Waals surface area contributed by atoms with Crippen molar-refractivity contribution in [1.29, 1.82) is 0 Å². The van der Waals surface area contributed by atoms with Gasteiger partial charge in [0.1, 0.15) is 12.5 Å². The molecule has 5 fully saturated rings. The first kappa shape index (κ1) is 25.0. The predicted molar refractivity (Wildman–Crippen MR) is 125 cm³/mol. The predicted octanol–water partition coefficient (Wildman–Crippen LogP) is 2.44. The van der Waals surface area contributed by atoms with E-state index >= 15 is 0 Å². The molecule has 7 nitrogen and oxygen atoms in total. The summed E-state index contributed by atoms with van der Waals surface area (Å²) in [5.41, 5.74) is 2.68. The number of aldehydes is 1. The second-order valence-electron chi connectivity index (χ2n) is 10.9. The Bertz CT molecular complexity index is 682. The first-order valence-corrected chi connectivity index (χ1v) is 13.1. The molecule has 33 heavy (non-hydrogen) atoms. The van der Waals surface area contributed by atoms with Gasteiger partial charge in [0, 0.05) is 50.1 Å². The summed E-state index contributed by atoms with van der Waals surface area (Å²) in [6, 6.07) is 2.26. The lowest BCUT2D eigenvalue weighted by Gasteiger charge is -2.42. The minimum atomic E-state index is -0.805. The number of amides is 1. The van der Waals surface area contributed by atoms with Gasteiger partial charge in [-0.2, -0.15) is 5.48 Å². The summed E-state index contributed by atoms with van der Waals surface area (Å²) >= 11 is 0. The van der Waals surface area contributed by atoms with Crippen LogP contribution in [0.1, 0.15) is 71.6 Å². The molecule has 5 rings (SSSR count). The largest absolute Gasteiger partial charge is 0.338 e. The second kappa shape index (κ2) is 11.1. The third-order valence-electron chi connectivity index (χ3n) is 8.94. The molecule has 2 N–H and O–H groups in total. The van der Waals surface area contributed by atoms with Gasteiger partial charge in [-0.05, 0) is 64.3 Å². The minimum Gasteiger partial charge on any atom is -0.338 e. The standard InChI is InChI=1S/C15H27N3O.C10H16FNO2/c1-11(19)17-8-6-15-14(17)7-9-18(15)13-5-3-4-12(10-13)16-2;1-6-2-3-9(11)8-4-7(5-13)12-14-10(6)8/h12-16H,3-10H2,1-2H3;5-10,12H,2-4H2,1H3. The van der Waals surface area contributed by atoms with Gasteiger partial charge in [0.05, 0.1) is 12.1 Å². The van der Waals surface area contributed by atoms with Crippen LogP contribution in [0.4, 0.5) is 4.39 Å². The lowest BCUT2D eigenvalue weighted by molar-refractivity contribution is -0.166. The van der Waals surface area contributed by atoms with Crippen LogP contribution in [0.5, 0.6) is 0 Å². The molecule has 1 amide bonds. The molecule has 5 aliphatic rings. The molecule has 0 aromatic heterocycles. The molecule has 2 saturated carbocycles. The van der Waals surface area contributed by atoms with Crippen molar-refractivity contribution in [2.75, 3.05) is 20.1 Å². The Labute approximate surface area is 198 Å². The lowest BCUT2D eigenvalue weighted by atomic mass is 9.75. The quantitative estimate of drug-likeness (QED) is 0.623. The van der Waals surface area contributed by atoms with Gasteiger partial charge < -0.3 is 15.0 Å². The first-order valence-electron chi connectivity index (χ1n) is 13.1. The SMILES string of the molecule is CC1CCC(F)C2CC(C=O)NOC12.CNC1CCCC(N2CCC3C2CCN3C(C)=O)C1. The maximum atomic E-state index is 13.6. The van der Waals surface area contributed by atoms with E-state index in [2.05, 4.69) is 34.6 Å². The van der Waals surface area contributed by atoms with Gasteiger partial charge in [-0.1, -0.05) is 13.3 Å². The van der Waals surface area contributed by atoms with E-state index in [0.29, 0.717) is 36.9 Å². The Balaban J connectivity index is 0.000000165. The molecule has 3 saturated heterocycles. The zero-order valence-corrected chi connectivity index (χ0v) is 20.5. The van der Waals surface area contributed by atoms with E-state index in [-0.39, 0.29) is 24.0 Å². The molecule has 0 aromatic rings. The summed E-state index contributed by atoms with van der Waals surface area (Å²) in [5.74, 6) is 0.549. The summed E-state index contributed by atoms with van der Waals surface area (Å²) in [6.07, 6.45) is 9.66. The Kier molecular flexibility index (Phi) is 8.42. The van der Waals surface area contributed by atoms with Crippen LogP contribution in [-0.2, 0) is 14.4 Å². The molecule has 0 radical (unpaired) electrons. The first-order chi connectivity index (χ1) is 15.9. The number of hydrogen-bond donors (Lipinski definition) is 2. The lowest BCUT2D eigenvalue weighted by Crippen LogP contribution is -2.53. The van der Waals surface area contributed by atoms with Gasteiger partial charge >= 0.3 is 0 Å². The summed E-state index contributed by atoms with van der Waals surface area (Å²) in [7, 11) is 2.09. The molecule has 3 heterocycles. The van der Waals surface area contributed by atoms with E-state index in [9.17, 15) is 14.0 Å². The number of carbonyl (C=O) groups excluding carboxylic acids is 2. The minimum absolute atomic E-state index is 0.0602. The van der Waals surface area contributed by atoms with Gasteiger partial charge in [-0.15, -0.1) is 0 Å². The molecule has 0 aromatic carbocycles.